The third-order valence-corrected chi connectivity index (χ3v) is 2.78. The molecule has 1 heterocycles. The molecule has 1 unspecified atom stereocenters. The van der Waals surface area contributed by atoms with E-state index in [4.69, 9.17) is 21.1 Å². The highest BCUT2D eigenvalue weighted by Crippen LogP contribution is 2.26. The standard InChI is InChI=1S/C12H11ClFNO3/c1-6(3-11(16)17)2-10-15-9-5-7(14)4-8(13)12(9)18-10/h4-6H,2-3H2,1H3,(H,16,17). The van der Waals surface area contributed by atoms with Gasteiger partial charge in [-0.2, -0.15) is 0 Å². The van der Waals surface area contributed by atoms with E-state index in [1.807, 2.05) is 0 Å². The number of nitrogens with zero attached hydrogens (tertiary/aromatic N) is 1. The van der Waals surface area contributed by atoms with Crippen molar-refractivity contribution in [1.82, 2.24) is 4.98 Å². The summed E-state index contributed by atoms with van der Waals surface area (Å²) in [6.07, 6.45) is 0.403. The van der Waals surface area contributed by atoms with Gasteiger partial charge in [-0.25, -0.2) is 9.37 Å². The van der Waals surface area contributed by atoms with Crippen LogP contribution in [0.4, 0.5) is 4.39 Å². The van der Waals surface area contributed by atoms with Crippen LogP contribution in [0, 0.1) is 11.7 Å². The maximum atomic E-state index is 13.1. The van der Waals surface area contributed by atoms with Crippen molar-refractivity contribution in [3.8, 4) is 0 Å². The minimum atomic E-state index is -0.873. The molecule has 0 aliphatic carbocycles. The second-order valence-corrected chi connectivity index (χ2v) is 4.66. The van der Waals surface area contributed by atoms with Gasteiger partial charge in [0.25, 0.3) is 0 Å². The predicted molar refractivity (Wildman–Crippen MR) is 64.1 cm³/mol. The van der Waals surface area contributed by atoms with Gasteiger partial charge in [0.05, 0.1) is 5.02 Å². The van der Waals surface area contributed by atoms with Gasteiger partial charge in [-0.05, 0) is 12.0 Å². The molecule has 96 valence electrons. The van der Waals surface area contributed by atoms with Gasteiger partial charge in [-0.1, -0.05) is 18.5 Å². The zero-order valence-corrected chi connectivity index (χ0v) is 10.4. The first kappa shape index (κ1) is 12.8. The van der Waals surface area contributed by atoms with Crippen LogP contribution in [0.3, 0.4) is 0 Å². The fraction of sp³-hybridized carbons (Fsp3) is 0.333. The summed E-state index contributed by atoms with van der Waals surface area (Å²) in [6.45, 7) is 1.78. The number of aromatic nitrogens is 1. The summed E-state index contributed by atoms with van der Waals surface area (Å²) in [5.41, 5.74) is 0.674. The van der Waals surface area contributed by atoms with Crippen molar-refractivity contribution in [2.45, 2.75) is 19.8 Å². The second-order valence-electron chi connectivity index (χ2n) is 4.25. The fourth-order valence-corrected chi connectivity index (χ4v) is 2.00. The number of fused-ring (bicyclic) bond motifs is 1. The van der Waals surface area contributed by atoms with E-state index in [0.29, 0.717) is 23.4 Å². The lowest BCUT2D eigenvalue weighted by molar-refractivity contribution is -0.137. The first-order chi connectivity index (χ1) is 8.45. The highest BCUT2D eigenvalue weighted by molar-refractivity contribution is 6.34. The maximum Gasteiger partial charge on any atom is 0.303 e. The van der Waals surface area contributed by atoms with Crippen molar-refractivity contribution in [2.24, 2.45) is 5.92 Å². The molecule has 0 saturated heterocycles. The van der Waals surface area contributed by atoms with Gasteiger partial charge in [0.2, 0.25) is 0 Å². The number of carboxylic acid groups (broad SMARTS) is 1. The highest BCUT2D eigenvalue weighted by Gasteiger charge is 2.15. The topological polar surface area (TPSA) is 63.3 Å². The molecule has 6 heteroatoms. The fourth-order valence-electron chi connectivity index (χ4n) is 1.76. The summed E-state index contributed by atoms with van der Waals surface area (Å²) in [6, 6.07) is 2.38. The van der Waals surface area contributed by atoms with Crippen LogP contribution in [0.25, 0.3) is 11.1 Å². The van der Waals surface area contributed by atoms with Crippen LogP contribution < -0.4 is 0 Å². The van der Waals surface area contributed by atoms with E-state index >= 15 is 0 Å². The van der Waals surface area contributed by atoms with E-state index in [9.17, 15) is 9.18 Å². The normalized spacial score (nSPS) is 12.8. The first-order valence-electron chi connectivity index (χ1n) is 5.42. The van der Waals surface area contributed by atoms with Crippen LogP contribution >= 0.6 is 11.6 Å². The molecule has 0 bridgehead atoms. The molecule has 2 aromatic rings. The van der Waals surface area contributed by atoms with Crippen molar-refractivity contribution in [1.29, 1.82) is 0 Å². The molecule has 0 spiro atoms. The molecule has 0 aliphatic rings. The van der Waals surface area contributed by atoms with E-state index in [0.717, 1.165) is 6.07 Å². The Balaban J connectivity index is 2.25. The summed E-state index contributed by atoms with van der Waals surface area (Å²) in [7, 11) is 0. The molecule has 1 aromatic carbocycles. The van der Waals surface area contributed by atoms with Gasteiger partial charge < -0.3 is 9.52 Å². The zero-order valence-electron chi connectivity index (χ0n) is 9.61. The highest BCUT2D eigenvalue weighted by atomic mass is 35.5. The zero-order chi connectivity index (χ0) is 13.3. The SMILES string of the molecule is CC(CC(=O)O)Cc1nc2cc(F)cc(Cl)c2o1. The molecule has 0 amide bonds. The largest absolute Gasteiger partial charge is 0.481 e. The number of hydrogen-bond donors (Lipinski definition) is 1. The molecular weight excluding hydrogens is 261 g/mol. The van der Waals surface area contributed by atoms with Crippen LogP contribution in [0.2, 0.25) is 5.02 Å². The van der Waals surface area contributed by atoms with E-state index in [-0.39, 0.29) is 17.4 Å². The number of oxazole rings is 1. The Morgan fingerprint density at radius 2 is 2.33 bits per heavy atom. The summed E-state index contributed by atoms with van der Waals surface area (Å²) in [5, 5.41) is 8.82. The number of rotatable bonds is 4. The van der Waals surface area contributed by atoms with Gasteiger partial charge in [0.1, 0.15) is 11.3 Å². The second kappa shape index (κ2) is 4.94. The van der Waals surface area contributed by atoms with Crippen LogP contribution in [0.1, 0.15) is 19.2 Å². The van der Waals surface area contributed by atoms with Crippen LogP contribution in [-0.2, 0) is 11.2 Å². The lowest BCUT2D eigenvalue weighted by atomic mass is 10.0. The van der Waals surface area contributed by atoms with Crippen molar-refractivity contribution < 1.29 is 18.7 Å². The number of benzene rings is 1. The van der Waals surface area contributed by atoms with Gasteiger partial charge in [0.15, 0.2) is 11.5 Å². The monoisotopic (exact) mass is 271 g/mol. The molecule has 0 radical (unpaired) electrons. The van der Waals surface area contributed by atoms with Gasteiger partial charge in [-0.15, -0.1) is 0 Å². The minimum absolute atomic E-state index is 0.0286. The maximum absolute atomic E-state index is 13.1. The third-order valence-electron chi connectivity index (χ3n) is 2.50. The number of halogens is 2. The third kappa shape index (κ3) is 2.79. The van der Waals surface area contributed by atoms with E-state index < -0.39 is 11.8 Å². The van der Waals surface area contributed by atoms with Crippen molar-refractivity contribution >= 4 is 28.7 Å². The molecule has 0 aliphatic heterocycles. The minimum Gasteiger partial charge on any atom is -0.481 e. The quantitative estimate of drug-likeness (QED) is 0.927. The summed E-state index contributed by atoms with van der Waals surface area (Å²) < 4.78 is 18.5. The molecule has 0 fully saturated rings. The molecule has 18 heavy (non-hydrogen) atoms. The Kier molecular flexibility index (Phi) is 3.52. The average Bonchev–Trinajstić information content (AvgIpc) is 2.58. The lowest BCUT2D eigenvalue weighted by Gasteiger charge is -2.03. The van der Waals surface area contributed by atoms with Crippen LogP contribution in [-0.4, -0.2) is 16.1 Å². The van der Waals surface area contributed by atoms with Crippen LogP contribution in [0.15, 0.2) is 16.5 Å². The van der Waals surface area contributed by atoms with Crippen molar-refractivity contribution in [3.63, 3.8) is 0 Å². The van der Waals surface area contributed by atoms with Crippen LogP contribution in [0.5, 0.6) is 0 Å². The molecule has 2 rings (SSSR count). The molecule has 1 N–H and O–H groups in total. The van der Waals surface area contributed by atoms with Gasteiger partial charge in [0, 0.05) is 18.9 Å². The molecule has 4 nitrogen and oxygen atoms in total. The lowest BCUT2D eigenvalue weighted by Crippen LogP contribution is -2.07. The summed E-state index contributed by atoms with van der Waals surface area (Å²) in [5.74, 6) is -1.10. The number of aliphatic carboxylic acids is 1. The van der Waals surface area contributed by atoms with Gasteiger partial charge in [-0.3, -0.25) is 4.79 Å². The number of carboxylic acids is 1. The van der Waals surface area contributed by atoms with E-state index in [1.165, 1.54) is 6.07 Å². The summed E-state index contributed by atoms with van der Waals surface area (Å²) in [4.78, 5) is 14.6. The molecule has 0 saturated carbocycles. The van der Waals surface area contributed by atoms with Gasteiger partial charge >= 0.3 is 5.97 Å². The first-order valence-corrected chi connectivity index (χ1v) is 5.79. The smallest absolute Gasteiger partial charge is 0.303 e. The predicted octanol–water partition coefficient (Wildman–Crippen LogP) is 3.27. The molecular formula is C12H11ClFNO3. The number of carbonyl (C=O) groups is 1. The Morgan fingerprint density at radius 3 is 3.00 bits per heavy atom. The average molecular weight is 272 g/mol. The summed E-state index contributed by atoms with van der Waals surface area (Å²) >= 11 is 5.83. The number of hydrogen-bond acceptors (Lipinski definition) is 3. The van der Waals surface area contributed by atoms with E-state index in [1.54, 1.807) is 6.92 Å². The van der Waals surface area contributed by atoms with Crippen molar-refractivity contribution in [2.75, 3.05) is 0 Å². The van der Waals surface area contributed by atoms with Crippen molar-refractivity contribution in [3.05, 3.63) is 28.9 Å². The Bertz CT molecular complexity index is 596. The Morgan fingerprint density at radius 1 is 1.61 bits per heavy atom. The molecule has 1 aromatic heterocycles. The molecule has 1 atom stereocenters. The Labute approximate surface area is 107 Å². The Hall–Kier alpha value is -1.62. The van der Waals surface area contributed by atoms with E-state index in [2.05, 4.69) is 4.98 Å².